The van der Waals surface area contributed by atoms with Crippen molar-refractivity contribution in [3.05, 3.63) is 29.3 Å². The Hall–Kier alpha value is -1.12. The fourth-order valence-corrected chi connectivity index (χ4v) is 1.73. The second kappa shape index (κ2) is 4.81. The van der Waals surface area contributed by atoms with Crippen LogP contribution in [-0.4, -0.2) is 12.0 Å². The fourth-order valence-electron chi connectivity index (χ4n) is 1.73. The number of ether oxygens (including phenoxy) is 1. The lowest BCUT2D eigenvalue weighted by Gasteiger charge is -2.22. The van der Waals surface area contributed by atoms with Crippen molar-refractivity contribution >= 4 is 0 Å². The van der Waals surface area contributed by atoms with Crippen molar-refractivity contribution in [3.63, 3.8) is 0 Å². The summed E-state index contributed by atoms with van der Waals surface area (Å²) >= 11 is 0. The third kappa shape index (κ3) is 2.34. The van der Waals surface area contributed by atoms with Crippen molar-refractivity contribution in [3.8, 4) is 5.75 Å². The van der Waals surface area contributed by atoms with Gasteiger partial charge in [-0.25, -0.2) is 8.78 Å². The number of hydrogen-bond donors (Lipinski definition) is 0. The van der Waals surface area contributed by atoms with Gasteiger partial charge in [-0.15, -0.1) is 0 Å². The van der Waals surface area contributed by atoms with E-state index >= 15 is 0 Å². The quantitative estimate of drug-likeness (QED) is 0.706. The summed E-state index contributed by atoms with van der Waals surface area (Å²) in [5.74, 6) is 0.596. The number of fused-ring (bicyclic) bond motifs is 1. The Morgan fingerprint density at radius 1 is 1.31 bits per heavy atom. The van der Waals surface area contributed by atoms with E-state index in [1.54, 1.807) is 6.07 Å². The Kier molecular flexibility index (Phi) is 3.89. The molecule has 0 saturated heterocycles. The highest BCUT2D eigenvalue weighted by Gasteiger charge is 2.43. The van der Waals surface area contributed by atoms with E-state index in [1.165, 1.54) is 6.92 Å². The Balaban J connectivity index is 0.000000606. The monoisotopic (exact) mass is 228 g/mol. The molecule has 0 spiro atoms. The van der Waals surface area contributed by atoms with Gasteiger partial charge in [-0.3, -0.25) is 0 Å². The van der Waals surface area contributed by atoms with Gasteiger partial charge in [-0.05, 0) is 25.5 Å². The summed E-state index contributed by atoms with van der Waals surface area (Å²) in [5.41, 5.74) is 0.620. The van der Waals surface area contributed by atoms with Crippen molar-refractivity contribution in [2.24, 2.45) is 0 Å². The summed E-state index contributed by atoms with van der Waals surface area (Å²) in [6.45, 7) is 7.39. The first kappa shape index (κ1) is 12.9. The molecule has 1 aliphatic heterocycles. The standard InChI is InChI=1S/C11H12F2O.C2H6/c1-7-3-4-9-8(5-7)6-11(2,14-9)10(12)13;1-2/h3-5,10H,6H2,1-2H3;1-2H3. The summed E-state index contributed by atoms with van der Waals surface area (Å²) < 4.78 is 30.6. The van der Waals surface area contributed by atoms with Crippen LogP contribution in [0, 0.1) is 6.92 Å². The van der Waals surface area contributed by atoms with Gasteiger partial charge in [-0.1, -0.05) is 31.5 Å². The van der Waals surface area contributed by atoms with Crippen LogP contribution >= 0.6 is 0 Å². The Bertz CT molecular complexity index is 363. The number of alkyl halides is 2. The molecule has 0 N–H and O–H groups in total. The van der Waals surface area contributed by atoms with E-state index < -0.39 is 12.0 Å². The van der Waals surface area contributed by atoms with Crippen LogP contribution in [0.15, 0.2) is 18.2 Å². The zero-order valence-electron chi connectivity index (χ0n) is 10.2. The first-order valence-electron chi connectivity index (χ1n) is 5.58. The summed E-state index contributed by atoms with van der Waals surface area (Å²) in [6.07, 6.45) is -2.16. The zero-order valence-corrected chi connectivity index (χ0v) is 10.2. The van der Waals surface area contributed by atoms with Gasteiger partial charge in [0.25, 0.3) is 6.43 Å². The van der Waals surface area contributed by atoms with Gasteiger partial charge in [0.1, 0.15) is 5.75 Å². The molecule has 0 aromatic heterocycles. The van der Waals surface area contributed by atoms with Crippen LogP contribution in [0.1, 0.15) is 31.9 Å². The Morgan fingerprint density at radius 2 is 1.94 bits per heavy atom. The summed E-state index contributed by atoms with van der Waals surface area (Å²) in [5, 5.41) is 0. The number of rotatable bonds is 1. The third-order valence-corrected chi connectivity index (χ3v) is 2.56. The van der Waals surface area contributed by atoms with E-state index in [4.69, 9.17) is 4.74 Å². The Morgan fingerprint density at radius 3 is 2.50 bits per heavy atom. The van der Waals surface area contributed by atoms with Crippen LogP contribution < -0.4 is 4.74 Å². The van der Waals surface area contributed by atoms with E-state index in [9.17, 15) is 8.78 Å². The predicted octanol–water partition coefficient (Wildman–Crippen LogP) is 3.98. The average molecular weight is 228 g/mol. The minimum atomic E-state index is -2.45. The van der Waals surface area contributed by atoms with Crippen LogP contribution in [0.3, 0.4) is 0 Å². The lowest BCUT2D eigenvalue weighted by molar-refractivity contribution is -0.0498. The van der Waals surface area contributed by atoms with Crippen molar-refractivity contribution in [1.29, 1.82) is 0 Å². The maximum Gasteiger partial charge on any atom is 0.277 e. The second-order valence-corrected chi connectivity index (χ2v) is 4.00. The molecule has 0 fully saturated rings. The van der Waals surface area contributed by atoms with Crippen molar-refractivity contribution in [2.75, 3.05) is 0 Å². The molecule has 2 rings (SSSR count). The highest BCUT2D eigenvalue weighted by Crippen LogP contribution is 2.38. The van der Waals surface area contributed by atoms with E-state index in [2.05, 4.69) is 0 Å². The largest absolute Gasteiger partial charge is 0.481 e. The maximum absolute atomic E-state index is 12.7. The molecule has 0 aliphatic carbocycles. The van der Waals surface area contributed by atoms with Crippen LogP contribution in [0.25, 0.3) is 0 Å². The van der Waals surface area contributed by atoms with Gasteiger partial charge in [0, 0.05) is 6.42 Å². The van der Waals surface area contributed by atoms with E-state index in [-0.39, 0.29) is 0 Å². The zero-order chi connectivity index (χ0) is 12.3. The first-order chi connectivity index (χ1) is 7.51. The molecule has 1 unspecified atom stereocenters. The predicted molar refractivity (Wildman–Crippen MR) is 61.3 cm³/mol. The minimum Gasteiger partial charge on any atom is -0.481 e. The molecule has 0 amide bonds. The molecular formula is C13H18F2O. The molecule has 0 saturated carbocycles. The minimum absolute atomic E-state index is 0.293. The van der Waals surface area contributed by atoms with Crippen molar-refractivity contribution in [1.82, 2.24) is 0 Å². The number of halogens is 2. The molecule has 1 nitrogen and oxygen atoms in total. The van der Waals surface area contributed by atoms with Gasteiger partial charge in [0.15, 0.2) is 5.60 Å². The second-order valence-electron chi connectivity index (χ2n) is 4.00. The molecule has 1 aromatic rings. The van der Waals surface area contributed by atoms with Crippen LogP contribution in [-0.2, 0) is 6.42 Å². The number of hydrogen-bond acceptors (Lipinski definition) is 1. The van der Waals surface area contributed by atoms with E-state index in [1.807, 2.05) is 32.9 Å². The number of aryl methyl sites for hydroxylation is 1. The lowest BCUT2D eigenvalue weighted by atomic mass is 9.99. The van der Waals surface area contributed by atoms with Gasteiger partial charge >= 0.3 is 0 Å². The smallest absolute Gasteiger partial charge is 0.277 e. The maximum atomic E-state index is 12.7. The molecule has 1 heterocycles. The third-order valence-electron chi connectivity index (χ3n) is 2.56. The molecule has 1 aliphatic rings. The summed E-state index contributed by atoms with van der Waals surface area (Å²) in [6, 6.07) is 5.54. The summed E-state index contributed by atoms with van der Waals surface area (Å²) in [4.78, 5) is 0. The summed E-state index contributed by atoms with van der Waals surface area (Å²) in [7, 11) is 0. The van der Waals surface area contributed by atoms with Crippen LogP contribution in [0.5, 0.6) is 5.75 Å². The molecule has 1 aromatic carbocycles. The molecule has 0 bridgehead atoms. The highest BCUT2D eigenvalue weighted by atomic mass is 19.3. The van der Waals surface area contributed by atoms with Crippen LogP contribution in [0.2, 0.25) is 0 Å². The Labute approximate surface area is 95.4 Å². The molecular weight excluding hydrogens is 210 g/mol. The molecule has 3 heteroatoms. The first-order valence-corrected chi connectivity index (χ1v) is 5.58. The lowest BCUT2D eigenvalue weighted by Crippen LogP contribution is -2.38. The topological polar surface area (TPSA) is 9.23 Å². The van der Waals surface area contributed by atoms with Crippen LogP contribution in [0.4, 0.5) is 8.78 Å². The molecule has 90 valence electrons. The van der Waals surface area contributed by atoms with E-state index in [0.717, 1.165) is 11.1 Å². The highest BCUT2D eigenvalue weighted by molar-refractivity contribution is 5.41. The van der Waals surface area contributed by atoms with Gasteiger partial charge in [0.2, 0.25) is 0 Å². The molecule has 1 atom stereocenters. The fraction of sp³-hybridized carbons (Fsp3) is 0.538. The molecule has 0 radical (unpaired) electrons. The van der Waals surface area contributed by atoms with Gasteiger partial charge in [-0.2, -0.15) is 0 Å². The van der Waals surface area contributed by atoms with Gasteiger partial charge in [0.05, 0.1) is 0 Å². The van der Waals surface area contributed by atoms with Gasteiger partial charge < -0.3 is 4.74 Å². The normalized spacial score (nSPS) is 22.2. The molecule has 16 heavy (non-hydrogen) atoms. The van der Waals surface area contributed by atoms with Crippen molar-refractivity contribution in [2.45, 2.75) is 46.1 Å². The van der Waals surface area contributed by atoms with E-state index in [0.29, 0.717) is 12.2 Å². The SMILES string of the molecule is CC.Cc1ccc2c(c1)CC(C)(C(F)F)O2. The van der Waals surface area contributed by atoms with Crippen molar-refractivity contribution < 1.29 is 13.5 Å². The number of benzene rings is 1. The average Bonchev–Trinajstić information content (AvgIpc) is 2.58.